The van der Waals surface area contributed by atoms with Gasteiger partial charge in [-0.1, -0.05) is 19.3 Å². The van der Waals surface area contributed by atoms with Crippen molar-refractivity contribution in [3.8, 4) is 12.1 Å². The lowest BCUT2D eigenvalue weighted by Gasteiger charge is -2.25. The number of carbonyl (C=O) groups is 1. The van der Waals surface area contributed by atoms with Gasteiger partial charge >= 0.3 is 6.03 Å². The molecule has 1 N–H and O–H groups in total. The van der Waals surface area contributed by atoms with Crippen LogP contribution in [0, 0.1) is 22.7 Å². The predicted octanol–water partition coefficient (Wildman–Crippen LogP) is 1.38. The molecular weight excluding hydrogens is 204 g/mol. The number of rotatable bonds is 3. The first-order valence-corrected chi connectivity index (χ1v) is 5.57. The third kappa shape index (κ3) is 3.78. The van der Waals surface area contributed by atoms with Crippen LogP contribution >= 0.6 is 0 Å². The van der Waals surface area contributed by atoms with Crippen LogP contribution in [0.4, 0.5) is 4.79 Å². The number of nitriles is 2. The molecule has 0 bridgehead atoms. The minimum atomic E-state index is -0.296. The van der Waals surface area contributed by atoms with Crippen LogP contribution in [0.25, 0.3) is 0 Å². The maximum Gasteiger partial charge on any atom is 0.319 e. The highest BCUT2D eigenvalue weighted by Crippen LogP contribution is 2.17. The number of nitrogens with one attached hydrogen (secondary N) is 1. The van der Waals surface area contributed by atoms with Crippen LogP contribution < -0.4 is 5.32 Å². The molecule has 1 rings (SSSR count). The second kappa shape index (κ2) is 6.68. The zero-order valence-electron chi connectivity index (χ0n) is 9.28. The highest BCUT2D eigenvalue weighted by atomic mass is 16.2. The Labute approximate surface area is 95.6 Å². The van der Waals surface area contributed by atoms with Crippen molar-refractivity contribution in [1.29, 1.82) is 10.5 Å². The number of carbonyl (C=O) groups excluding carboxylic acids is 1. The van der Waals surface area contributed by atoms with E-state index in [1.165, 1.54) is 11.3 Å². The first kappa shape index (κ1) is 12.3. The third-order valence-electron chi connectivity index (χ3n) is 2.74. The van der Waals surface area contributed by atoms with Gasteiger partial charge in [0.25, 0.3) is 0 Å². The van der Waals surface area contributed by atoms with Crippen molar-refractivity contribution in [1.82, 2.24) is 10.2 Å². The Hall–Kier alpha value is -1.75. The van der Waals surface area contributed by atoms with Gasteiger partial charge in [-0.2, -0.15) is 10.5 Å². The molecule has 1 saturated carbocycles. The lowest BCUT2D eigenvalue weighted by molar-refractivity contribution is 0.201. The van der Waals surface area contributed by atoms with Crippen molar-refractivity contribution in [3.63, 3.8) is 0 Å². The van der Waals surface area contributed by atoms with Gasteiger partial charge in [0.2, 0.25) is 0 Å². The van der Waals surface area contributed by atoms with Crippen LogP contribution in [-0.4, -0.2) is 30.1 Å². The molecule has 0 saturated heterocycles. The summed E-state index contributed by atoms with van der Waals surface area (Å²) in [6, 6.07) is 3.68. The molecule has 0 radical (unpaired) electrons. The Bertz CT molecular complexity index is 293. The molecule has 0 aromatic heterocycles. The Balaban J connectivity index is 2.41. The zero-order chi connectivity index (χ0) is 11.8. The fraction of sp³-hybridized carbons (Fsp3) is 0.727. The van der Waals surface area contributed by atoms with Gasteiger partial charge in [-0.25, -0.2) is 4.79 Å². The molecule has 1 fully saturated rings. The van der Waals surface area contributed by atoms with Crippen LogP contribution in [0.15, 0.2) is 0 Å². The van der Waals surface area contributed by atoms with Gasteiger partial charge in [-0.3, -0.25) is 4.90 Å². The molecule has 0 spiro atoms. The van der Waals surface area contributed by atoms with E-state index in [9.17, 15) is 4.79 Å². The molecular formula is C11H16N4O. The fourth-order valence-corrected chi connectivity index (χ4v) is 1.88. The molecule has 0 aromatic carbocycles. The summed E-state index contributed by atoms with van der Waals surface area (Å²) in [6.07, 6.45) is 5.51. The first-order valence-electron chi connectivity index (χ1n) is 5.57. The molecule has 2 amide bonds. The van der Waals surface area contributed by atoms with Crippen LogP contribution in [0.3, 0.4) is 0 Å². The number of amides is 2. The molecule has 5 nitrogen and oxygen atoms in total. The van der Waals surface area contributed by atoms with Crippen molar-refractivity contribution in [2.45, 2.75) is 38.1 Å². The average Bonchev–Trinajstić information content (AvgIpc) is 2.30. The van der Waals surface area contributed by atoms with Crippen LogP contribution in [0.1, 0.15) is 32.1 Å². The van der Waals surface area contributed by atoms with Crippen molar-refractivity contribution in [2.75, 3.05) is 13.1 Å². The summed E-state index contributed by atoms with van der Waals surface area (Å²) in [4.78, 5) is 12.9. The van der Waals surface area contributed by atoms with E-state index >= 15 is 0 Å². The quantitative estimate of drug-likeness (QED) is 0.729. The second-order valence-corrected chi connectivity index (χ2v) is 3.96. The minimum absolute atomic E-state index is 0.0356. The average molecular weight is 220 g/mol. The molecule has 1 aliphatic rings. The molecule has 86 valence electrons. The molecule has 0 aliphatic heterocycles. The smallest absolute Gasteiger partial charge is 0.319 e. The summed E-state index contributed by atoms with van der Waals surface area (Å²) in [5, 5.41) is 19.9. The summed E-state index contributed by atoms with van der Waals surface area (Å²) >= 11 is 0. The molecule has 0 atom stereocenters. The predicted molar refractivity (Wildman–Crippen MR) is 58.2 cm³/mol. The summed E-state index contributed by atoms with van der Waals surface area (Å²) in [6.45, 7) is -0.0712. The van der Waals surface area contributed by atoms with E-state index in [0.717, 1.165) is 25.7 Å². The lowest BCUT2D eigenvalue weighted by atomic mass is 9.96. The van der Waals surface area contributed by atoms with E-state index in [2.05, 4.69) is 5.32 Å². The molecule has 0 unspecified atom stereocenters. The van der Waals surface area contributed by atoms with E-state index < -0.39 is 0 Å². The van der Waals surface area contributed by atoms with Crippen LogP contribution in [-0.2, 0) is 0 Å². The van der Waals surface area contributed by atoms with Gasteiger partial charge < -0.3 is 5.32 Å². The topological polar surface area (TPSA) is 79.9 Å². The number of hydrogen-bond acceptors (Lipinski definition) is 3. The highest BCUT2D eigenvalue weighted by molar-refractivity contribution is 5.75. The number of nitrogens with zero attached hydrogens (tertiary/aromatic N) is 3. The largest absolute Gasteiger partial charge is 0.335 e. The monoisotopic (exact) mass is 220 g/mol. The van der Waals surface area contributed by atoms with Crippen molar-refractivity contribution < 1.29 is 4.79 Å². The van der Waals surface area contributed by atoms with Gasteiger partial charge in [0.1, 0.15) is 13.1 Å². The minimum Gasteiger partial charge on any atom is -0.335 e. The van der Waals surface area contributed by atoms with Gasteiger partial charge in [-0.15, -0.1) is 0 Å². The van der Waals surface area contributed by atoms with E-state index in [4.69, 9.17) is 10.5 Å². The number of urea groups is 1. The van der Waals surface area contributed by atoms with E-state index in [-0.39, 0.29) is 25.2 Å². The van der Waals surface area contributed by atoms with Crippen LogP contribution in [0.2, 0.25) is 0 Å². The summed E-state index contributed by atoms with van der Waals surface area (Å²) < 4.78 is 0. The first-order chi connectivity index (χ1) is 7.77. The van der Waals surface area contributed by atoms with Gasteiger partial charge in [0.15, 0.2) is 0 Å². The number of hydrogen-bond donors (Lipinski definition) is 1. The summed E-state index contributed by atoms with van der Waals surface area (Å²) in [5.41, 5.74) is 0. The molecule has 5 heteroatoms. The van der Waals surface area contributed by atoms with E-state index in [1.807, 2.05) is 12.1 Å². The van der Waals surface area contributed by atoms with Gasteiger partial charge in [-0.05, 0) is 12.8 Å². The third-order valence-corrected chi connectivity index (χ3v) is 2.74. The molecule has 0 heterocycles. The molecule has 1 aliphatic carbocycles. The Kier molecular flexibility index (Phi) is 5.15. The van der Waals surface area contributed by atoms with Crippen molar-refractivity contribution >= 4 is 6.03 Å². The standard InChI is InChI=1S/C11H16N4O/c12-6-8-15(9-7-13)11(16)14-10-4-2-1-3-5-10/h10H,1-5,8-9H2,(H,14,16). The fourth-order valence-electron chi connectivity index (χ4n) is 1.88. The van der Waals surface area contributed by atoms with E-state index in [1.54, 1.807) is 0 Å². The lowest BCUT2D eigenvalue weighted by Crippen LogP contribution is -2.45. The normalized spacial score (nSPS) is 15.9. The van der Waals surface area contributed by atoms with Crippen LogP contribution in [0.5, 0.6) is 0 Å². The molecule has 0 aromatic rings. The SMILES string of the molecule is N#CCN(CC#N)C(=O)NC1CCCCC1. The summed E-state index contributed by atoms with van der Waals surface area (Å²) in [7, 11) is 0. The highest BCUT2D eigenvalue weighted by Gasteiger charge is 2.19. The Morgan fingerprint density at radius 3 is 2.25 bits per heavy atom. The maximum atomic E-state index is 11.7. The van der Waals surface area contributed by atoms with Crippen molar-refractivity contribution in [3.05, 3.63) is 0 Å². The Morgan fingerprint density at radius 2 is 1.75 bits per heavy atom. The van der Waals surface area contributed by atoms with Gasteiger partial charge in [0, 0.05) is 6.04 Å². The molecule has 16 heavy (non-hydrogen) atoms. The van der Waals surface area contributed by atoms with Crippen molar-refractivity contribution in [2.24, 2.45) is 0 Å². The zero-order valence-corrected chi connectivity index (χ0v) is 9.28. The Morgan fingerprint density at radius 1 is 1.19 bits per heavy atom. The maximum absolute atomic E-state index is 11.7. The second-order valence-electron chi connectivity index (χ2n) is 3.96. The van der Waals surface area contributed by atoms with E-state index in [0.29, 0.717) is 0 Å². The van der Waals surface area contributed by atoms with Gasteiger partial charge in [0.05, 0.1) is 12.1 Å². The summed E-state index contributed by atoms with van der Waals surface area (Å²) in [5.74, 6) is 0.